The first-order chi connectivity index (χ1) is 12.1. The summed E-state index contributed by atoms with van der Waals surface area (Å²) in [6, 6.07) is 1.98. The lowest BCUT2D eigenvalue weighted by atomic mass is 9.96. The van der Waals surface area contributed by atoms with E-state index in [9.17, 15) is 4.79 Å². The van der Waals surface area contributed by atoms with Gasteiger partial charge in [0.15, 0.2) is 0 Å². The molecule has 3 rings (SSSR count). The standard InChI is InChI=1S/C18H26N6O/c1-14-12-15(2)22-18(21-14)24-9-4-16(5-10-24)17(25)20-6-3-8-23-11-7-19-13-23/h7,11-13,16H,3-6,8-10H2,1-2H3,(H,20,25). The van der Waals surface area contributed by atoms with Crippen LogP contribution < -0.4 is 10.2 Å². The van der Waals surface area contributed by atoms with Gasteiger partial charge in [0.05, 0.1) is 6.33 Å². The first-order valence-corrected chi connectivity index (χ1v) is 8.92. The van der Waals surface area contributed by atoms with Crippen LogP contribution in [0.4, 0.5) is 5.95 Å². The summed E-state index contributed by atoms with van der Waals surface area (Å²) in [5.74, 6) is 1.05. The number of piperidine rings is 1. The molecule has 1 aliphatic heterocycles. The lowest BCUT2D eigenvalue weighted by Gasteiger charge is -2.31. The van der Waals surface area contributed by atoms with Crippen LogP contribution in [0.25, 0.3) is 0 Å². The fourth-order valence-electron chi connectivity index (χ4n) is 3.23. The summed E-state index contributed by atoms with van der Waals surface area (Å²) in [6.07, 6.45) is 8.12. The number of amides is 1. The summed E-state index contributed by atoms with van der Waals surface area (Å²) < 4.78 is 2.02. The van der Waals surface area contributed by atoms with Crippen LogP contribution in [0.2, 0.25) is 0 Å². The molecule has 7 nitrogen and oxygen atoms in total. The molecule has 0 saturated carbocycles. The maximum atomic E-state index is 12.3. The second-order valence-corrected chi connectivity index (χ2v) is 6.66. The minimum atomic E-state index is 0.0930. The number of imidazole rings is 1. The zero-order valence-corrected chi connectivity index (χ0v) is 15.0. The lowest BCUT2D eigenvalue weighted by molar-refractivity contribution is -0.125. The molecular weight excluding hydrogens is 316 g/mol. The number of anilines is 1. The van der Waals surface area contributed by atoms with Gasteiger partial charge in [-0.3, -0.25) is 4.79 Å². The minimum Gasteiger partial charge on any atom is -0.356 e. The zero-order chi connectivity index (χ0) is 17.6. The molecular formula is C18H26N6O. The molecule has 2 aromatic heterocycles. The summed E-state index contributed by atoms with van der Waals surface area (Å²) in [5, 5.41) is 3.07. The van der Waals surface area contributed by atoms with Gasteiger partial charge in [-0.25, -0.2) is 15.0 Å². The molecule has 2 aromatic rings. The van der Waals surface area contributed by atoms with Crippen molar-refractivity contribution in [3.8, 4) is 0 Å². The Morgan fingerprint density at radius 1 is 1.24 bits per heavy atom. The van der Waals surface area contributed by atoms with Gasteiger partial charge in [0.2, 0.25) is 11.9 Å². The predicted molar refractivity (Wildman–Crippen MR) is 96.3 cm³/mol. The van der Waals surface area contributed by atoms with Gasteiger partial charge in [-0.05, 0) is 39.2 Å². The van der Waals surface area contributed by atoms with Crippen LogP contribution >= 0.6 is 0 Å². The lowest BCUT2D eigenvalue weighted by Crippen LogP contribution is -2.41. The Labute approximate surface area is 148 Å². The molecule has 0 unspecified atom stereocenters. The highest BCUT2D eigenvalue weighted by molar-refractivity contribution is 5.78. The van der Waals surface area contributed by atoms with Crippen molar-refractivity contribution in [2.75, 3.05) is 24.5 Å². The highest BCUT2D eigenvalue weighted by Crippen LogP contribution is 2.21. The van der Waals surface area contributed by atoms with Gasteiger partial charge in [-0.2, -0.15) is 0 Å². The molecule has 7 heteroatoms. The largest absolute Gasteiger partial charge is 0.356 e. The number of aromatic nitrogens is 4. The van der Waals surface area contributed by atoms with Crippen molar-refractivity contribution >= 4 is 11.9 Å². The number of hydrogen-bond acceptors (Lipinski definition) is 5. The van der Waals surface area contributed by atoms with E-state index in [4.69, 9.17) is 0 Å². The second-order valence-electron chi connectivity index (χ2n) is 6.66. The van der Waals surface area contributed by atoms with E-state index >= 15 is 0 Å². The first kappa shape index (κ1) is 17.4. The van der Waals surface area contributed by atoms with Gasteiger partial charge >= 0.3 is 0 Å². The third-order valence-corrected chi connectivity index (χ3v) is 4.57. The molecule has 1 aliphatic rings. The quantitative estimate of drug-likeness (QED) is 0.809. The second kappa shape index (κ2) is 8.09. The fourth-order valence-corrected chi connectivity index (χ4v) is 3.23. The third-order valence-electron chi connectivity index (χ3n) is 4.57. The number of nitrogens with zero attached hydrogens (tertiary/aromatic N) is 5. The Balaban J connectivity index is 1.41. The SMILES string of the molecule is Cc1cc(C)nc(N2CCC(C(=O)NCCCn3ccnc3)CC2)n1. The van der Waals surface area contributed by atoms with Crippen molar-refractivity contribution < 1.29 is 4.79 Å². The molecule has 134 valence electrons. The average molecular weight is 342 g/mol. The molecule has 0 aliphatic carbocycles. The van der Waals surface area contributed by atoms with Crippen molar-refractivity contribution in [3.63, 3.8) is 0 Å². The highest BCUT2D eigenvalue weighted by atomic mass is 16.1. The summed E-state index contributed by atoms with van der Waals surface area (Å²) in [7, 11) is 0. The molecule has 1 amide bonds. The predicted octanol–water partition coefficient (Wildman–Crippen LogP) is 1.71. The van der Waals surface area contributed by atoms with Crippen LogP contribution in [-0.4, -0.2) is 45.1 Å². The first-order valence-electron chi connectivity index (χ1n) is 8.92. The Morgan fingerprint density at radius 2 is 1.96 bits per heavy atom. The number of carbonyl (C=O) groups excluding carboxylic acids is 1. The minimum absolute atomic E-state index is 0.0930. The normalized spacial score (nSPS) is 15.4. The van der Waals surface area contributed by atoms with E-state index in [0.29, 0.717) is 6.54 Å². The number of nitrogens with one attached hydrogen (secondary N) is 1. The van der Waals surface area contributed by atoms with E-state index in [-0.39, 0.29) is 11.8 Å². The van der Waals surface area contributed by atoms with Crippen LogP contribution in [0.15, 0.2) is 24.8 Å². The van der Waals surface area contributed by atoms with Gasteiger partial charge in [0.1, 0.15) is 0 Å². The Bertz CT molecular complexity index is 671. The van der Waals surface area contributed by atoms with Crippen molar-refractivity contribution in [2.45, 2.75) is 39.7 Å². The van der Waals surface area contributed by atoms with Crippen molar-refractivity contribution in [1.29, 1.82) is 0 Å². The molecule has 25 heavy (non-hydrogen) atoms. The molecule has 3 heterocycles. The van der Waals surface area contributed by atoms with E-state index in [1.54, 1.807) is 12.5 Å². The van der Waals surface area contributed by atoms with E-state index in [1.165, 1.54) is 0 Å². The van der Waals surface area contributed by atoms with E-state index in [0.717, 1.165) is 56.2 Å². The Morgan fingerprint density at radius 3 is 2.60 bits per heavy atom. The van der Waals surface area contributed by atoms with Gasteiger partial charge < -0.3 is 14.8 Å². The van der Waals surface area contributed by atoms with Crippen molar-refractivity contribution in [2.24, 2.45) is 5.92 Å². The maximum absolute atomic E-state index is 12.3. The van der Waals surface area contributed by atoms with Crippen molar-refractivity contribution in [1.82, 2.24) is 24.8 Å². The van der Waals surface area contributed by atoms with Crippen LogP contribution in [0.1, 0.15) is 30.7 Å². The molecule has 0 atom stereocenters. The molecule has 0 bridgehead atoms. The van der Waals surface area contributed by atoms with Crippen LogP contribution in [-0.2, 0) is 11.3 Å². The monoisotopic (exact) mass is 342 g/mol. The highest BCUT2D eigenvalue weighted by Gasteiger charge is 2.26. The van der Waals surface area contributed by atoms with Gasteiger partial charge in [0, 0.05) is 55.9 Å². The number of hydrogen-bond donors (Lipinski definition) is 1. The number of aryl methyl sites for hydroxylation is 3. The van der Waals surface area contributed by atoms with Crippen LogP contribution in [0.5, 0.6) is 0 Å². The van der Waals surface area contributed by atoms with E-state index < -0.39 is 0 Å². The van der Waals surface area contributed by atoms with Gasteiger partial charge in [-0.15, -0.1) is 0 Å². The Kier molecular flexibility index (Phi) is 5.63. The molecule has 1 saturated heterocycles. The van der Waals surface area contributed by atoms with Crippen LogP contribution in [0.3, 0.4) is 0 Å². The number of rotatable bonds is 6. The summed E-state index contributed by atoms with van der Waals surface area (Å²) in [6.45, 7) is 7.22. The van der Waals surface area contributed by atoms with Crippen molar-refractivity contribution in [3.05, 3.63) is 36.2 Å². The Hall–Kier alpha value is -2.44. The molecule has 1 N–H and O–H groups in total. The van der Waals surface area contributed by atoms with E-state index in [1.807, 2.05) is 30.7 Å². The average Bonchev–Trinajstić information content (AvgIpc) is 3.11. The molecule has 0 spiro atoms. The molecule has 0 aromatic carbocycles. The topological polar surface area (TPSA) is 75.9 Å². The van der Waals surface area contributed by atoms with E-state index in [2.05, 4.69) is 25.2 Å². The summed E-state index contributed by atoms with van der Waals surface area (Å²) in [4.78, 5) is 27.6. The summed E-state index contributed by atoms with van der Waals surface area (Å²) in [5.41, 5.74) is 1.97. The zero-order valence-electron chi connectivity index (χ0n) is 15.0. The smallest absolute Gasteiger partial charge is 0.225 e. The molecule has 1 fully saturated rings. The summed E-state index contributed by atoms with van der Waals surface area (Å²) >= 11 is 0. The van der Waals surface area contributed by atoms with Gasteiger partial charge in [-0.1, -0.05) is 0 Å². The maximum Gasteiger partial charge on any atom is 0.225 e. The van der Waals surface area contributed by atoms with Crippen LogP contribution in [0, 0.1) is 19.8 Å². The fraction of sp³-hybridized carbons (Fsp3) is 0.556. The number of carbonyl (C=O) groups is 1. The van der Waals surface area contributed by atoms with Gasteiger partial charge in [0.25, 0.3) is 0 Å². The molecule has 0 radical (unpaired) electrons. The third kappa shape index (κ3) is 4.78.